The molecule has 0 saturated heterocycles. The van der Waals surface area contributed by atoms with Gasteiger partial charge in [-0.3, -0.25) is 0 Å². The van der Waals surface area contributed by atoms with Crippen LogP contribution in [0.25, 0.3) is 10.9 Å². The highest BCUT2D eigenvalue weighted by atomic mass is 32.2. The van der Waals surface area contributed by atoms with Gasteiger partial charge in [0, 0.05) is 11.6 Å². The van der Waals surface area contributed by atoms with Crippen molar-refractivity contribution in [1.29, 1.82) is 0 Å². The topological polar surface area (TPSA) is 72.0 Å². The summed E-state index contributed by atoms with van der Waals surface area (Å²) >= 11 is 0. The second-order valence-electron chi connectivity index (χ2n) is 6.61. The van der Waals surface area contributed by atoms with E-state index in [4.69, 9.17) is 0 Å². The van der Waals surface area contributed by atoms with Crippen LogP contribution in [0.4, 0.5) is 10.2 Å². The zero-order valence-corrected chi connectivity index (χ0v) is 15.1. The van der Waals surface area contributed by atoms with Crippen LogP contribution in [0.5, 0.6) is 0 Å². The summed E-state index contributed by atoms with van der Waals surface area (Å²) in [5.41, 5.74) is 2.73. The second-order valence-corrected chi connectivity index (χ2v) is 8.62. The number of rotatable bonds is 3. The normalized spacial score (nSPS) is 17.1. The van der Waals surface area contributed by atoms with Crippen LogP contribution in [0.15, 0.2) is 47.6 Å². The van der Waals surface area contributed by atoms with E-state index in [2.05, 4.69) is 15.3 Å². The lowest BCUT2D eigenvalue weighted by atomic mass is 9.87. The number of aryl methyl sites for hydroxylation is 1. The lowest BCUT2D eigenvalue weighted by Crippen LogP contribution is -2.18. The van der Waals surface area contributed by atoms with Crippen LogP contribution >= 0.6 is 0 Å². The van der Waals surface area contributed by atoms with E-state index < -0.39 is 9.84 Å². The van der Waals surface area contributed by atoms with Crippen molar-refractivity contribution >= 4 is 26.6 Å². The van der Waals surface area contributed by atoms with Gasteiger partial charge in [0.25, 0.3) is 0 Å². The number of sulfone groups is 1. The van der Waals surface area contributed by atoms with Gasteiger partial charge < -0.3 is 5.32 Å². The minimum Gasteiger partial charge on any atom is -0.363 e. The zero-order valence-electron chi connectivity index (χ0n) is 14.2. The number of hydrogen-bond acceptors (Lipinski definition) is 5. The molecule has 3 aromatic rings. The first-order valence-electron chi connectivity index (χ1n) is 8.41. The van der Waals surface area contributed by atoms with Crippen molar-refractivity contribution < 1.29 is 12.8 Å². The second kappa shape index (κ2) is 6.32. The third-order valence-corrected chi connectivity index (χ3v) is 5.88. The van der Waals surface area contributed by atoms with Gasteiger partial charge in [-0.1, -0.05) is 6.07 Å². The monoisotopic (exact) mass is 371 g/mol. The summed E-state index contributed by atoms with van der Waals surface area (Å²) in [7, 11) is -3.32. The van der Waals surface area contributed by atoms with Gasteiger partial charge in [-0.25, -0.2) is 22.8 Å². The molecule has 4 rings (SSSR count). The van der Waals surface area contributed by atoms with Gasteiger partial charge in [-0.15, -0.1) is 0 Å². The Morgan fingerprint density at radius 2 is 2.00 bits per heavy atom. The van der Waals surface area contributed by atoms with Crippen molar-refractivity contribution in [2.24, 2.45) is 0 Å². The minimum atomic E-state index is -3.32. The Balaban J connectivity index is 1.77. The lowest BCUT2D eigenvalue weighted by Gasteiger charge is -2.27. The average Bonchev–Trinajstić information content (AvgIpc) is 2.61. The molecule has 0 bridgehead atoms. The fourth-order valence-corrected chi connectivity index (χ4v) is 4.13. The maximum absolute atomic E-state index is 13.5. The molecule has 1 aromatic heterocycles. The van der Waals surface area contributed by atoms with Crippen molar-refractivity contribution in [3.05, 3.63) is 59.7 Å². The maximum Gasteiger partial charge on any atom is 0.175 e. The Morgan fingerprint density at radius 3 is 2.81 bits per heavy atom. The van der Waals surface area contributed by atoms with Gasteiger partial charge >= 0.3 is 0 Å². The van der Waals surface area contributed by atoms with Crippen molar-refractivity contribution in [2.75, 3.05) is 11.6 Å². The Hall–Kier alpha value is -2.54. The quantitative estimate of drug-likeness (QED) is 0.761. The predicted octanol–water partition coefficient (Wildman–Crippen LogP) is 3.66. The molecule has 0 fully saturated rings. The van der Waals surface area contributed by atoms with E-state index >= 15 is 0 Å². The molecular weight excluding hydrogens is 353 g/mol. The SMILES string of the molecule is CS(=O)(=O)c1ccc2ncnc(N[C@@H]3CCCc4cc(F)ccc43)c2c1. The molecule has 1 aliphatic rings. The van der Waals surface area contributed by atoms with E-state index in [-0.39, 0.29) is 16.8 Å². The third-order valence-electron chi connectivity index (χ3n) is 4.77. The van der Waals surface area contributed by atoms with Crippen molar-refractivity contribution in [3.63, 3.8) is 0 Å². The molecule has 134 valence electrons. The van der Waals surface area contributed by atoms with Crippen molar-refractivity contribution in [2.45, 2.75) is 30.2 Å². The van der Waals surface area contributed by atoms with E-state index in [1.54, 1.807) is 24.3 Å². The number of nitrogens with one attached hydrogen (secondary N) is 1. The van der Waals surface area contributed by atoms with E-state index in [1.165, 1.54) is 18.6 Å². The van der Waals surface area contributed by atoms with Crippen LogP contribution in [0.1, 0.15) is 30.0 Å². The molecule has 0 saturated carbocycles. The first-order valence-corrected chi connectivity index (χ1v) is 10.3. The number of fused-ring (bicyclic) bond motifs is 2. The highest BCUT2D eigenvalue weighted by Gasteiger charge is 2.22. The van der Waals surface area contributed by atoms with E-state index in [9.17, 15) is 12.8 Å². The molecule has 0 unspecified atom stereocenters. The standard InChI is InChI=1S/C19H18FN3O2S/c1-26(24,25)14-6-8-17-16(10-14)19(22-11-21-17)23-18-4-2-3-12-9-13(20)5-7-15(12)18/h5-11,18H,2-4H2,1H3,(H,21,22,23)/t18-/m1/s1. The van der Waals surface area contributed by atoms with Crippen LogP contribution in [-0.4, -0.2) is 24.6 Å². The van der Waals surface area contributed by atoms with Gasteiger partial charge in [0.15, 0.2) is 9.84 Å². The van der Waals surface area contributed by atoms with Crippen LogP contribution in [0.2, 0.25) is 0 Å². The smallest absolute Gasteiger partial charge is 0.175 e. The largest absolute Gasteiger partial charge is 0.363 e. The molecule has 1 heterocycles. The molecule has 1 N–H and O–H groups in total. The summed E-state index contributed by atoms with van der Waals surface area (Å²) in [6.07, 6.45) is 5.34. The molecule has 1 aliphatic carbocycles. The summed E-state index contributed by atoms with van der Waals surface area (Å²) < 4.78 is 37.3. The molecule has 0 spiro atoms. The maximum atomic E-state index is 13.5. The van der Waals surface area contributed by atoms with Crippen molar-refractivity contribution in [3.8, 4) is 0 Å². The first kappa shape index (κ1) is 16.9. The Bertz CT molecular complexity index is 1100. The number of nitrogens with zero attached hydrogens (tertiary/aromatic N) is 2. The Kier molecular flexibility index (Phi) is 4.11. The number of halogens is 1. The molecule has 26 heavy (non-hydrogen) atoms. The van der Waals surface area contributed by atoms with Crippen LogP contribution in [-0.2, 0) is 16.3 Å². The molecule has 0 radical (unpaired) electrons. The van der Waals surface area contributed by atoms with Crippen LogP contribution in [0.3, 0.4) is 0 Å². The highest BCUT2D eigenvalue weighted by Crippen LogP contribution is 2.34. The number of benzene rings is 2. The van der Waals surface area contributed by atoms with Gasteiger partial charge in [-0.05, 0) is 60.7 Å². The zero-order chi connectivity index (χ0) is 18.3. The molecule has 5 nitrogen and oxygen atoms in total. The summed E-state index contributed by atoms with van der Waals surface area (Å²) in [5, 5.41) is 4.07. The molecular formula is C19H18FN3O2S. The van der Waals surface area contributed by atoms with Crippen LogP contribution < -0.4 is 5.32 Å². The fourth-order valence-electron chi connectivity index (χ4n) is 3.48. The average molecular weight is 371 g/mol. The summed E-state index contributed by atoms with van der Waals surface area (Å²) in [5.74, 6) is 0.359. The molecule has 0 aliphatic heterocycles. The molecule has 2 aromatic carbocycles. The van der Waals surface area contributed by atoms with Gasteiger partial charge in [0.05, 0.1) is 16.5 Å². The minimum absolute atomic E-state index is 0.000611. The number of anilines is 1. The predicted molar refractivity (Wildman–Crippen MR) is 98.3 cm³/mol. The fraction of sp³-hybridized carbons (Fsp3) is 0.263. The third kappa shape index (κ3) is 3.14. The molecule has 1 atom stereocenters. The van der Waals surface area contributed by atoms with Crippen LogP contribution in [0, 0.1) is 5.82 Å². The van der Waals surface area contributed by atoms with E-state index in [1.807, 2.05) is 6.07 Å². The molecule has 7 heteroatoms. The first-order chi connectivity index (χ1) is 12.4. The number of aromatic nitrogens is 2. The summed E-state index contributed by atoms with van der Waals surface area (Å²) in [6, 6.07) is 9.70. The number of hydrogen-bond donors (Lipinski definition) is 1. The molecule has 0 amide bonds. The lowest BCUT2D eigenvalue weighted by molar-refractivity contribution is 0.582. The Morgan fingerprint density at radius 1 is 1.15 bits per heavy atom. The highest BCUT2D eigenvalue weighted by molar-refractivity contribution is 7.90. The van der Waals surface area contributed by atoms with Gasteiger partial charge in [-0.2, -0.15) is 0 Å². The van der Waals surface area contributed by atoms with Gasteiger partial charge in [0.1, 0.15) is 18.0 Å². The van der Waals surface area contributed by atoms with E-state index in [0.29, 0.717) is 16.7 Å². The van der Waals surface area contributed by atoms with Crippen molar-refractivity contribution in [1.82, 2.24) is 9.97 Å². The summed E-state index contributed by atoms with van der Waals surface area (Å²) in [4.78, 5) is 8.77. The van der Waals surface area contributed by atoms with Gasteiger partial charge in [0.2, 0.25) is 0 Å². The Labute approximate surface area is 151 Å². The van der Waals surface area contributed by atoms with E-state index in [0.717, 1.165) is 30.4 Å². The summed E-state index contributed by atoms with van der Waals surface area (Å²) in [6.45, 7) is 0.